The highest BCUT2D eigenvalue weighted by Gasteiger charge is 2.31. The average molecular weight is 398 g/mol. The molecule has 0 radical (unpaired) electrons. The fraction of sp³-hybridized carbons (Fsp3) is 0.238. The molecular formula is C21H22N2O4S. The third-order valence-corrected chi connectivity index (χ3v) is 4.54. The van der Waals surface area contributed by atoms with E-state index in [-0.39, 0.29) is 12.4 Å². The quantitative estimate of drug-likeness (QED) is 0.509. The van der Waals surface area contributed by atoms with Gasteiger partial charge in [0.1, 0.15) is 6.61 Å². The van der Waals surface area contributed by atoms with Gasteiger partial charge in [-0.25, -0.2) is 4.79 Å². The molecule has 0 unspecified atom stereocenters. The van der Waals surface area contributed by atoms with E-state index in [9.17, 15) is 9.90 Å². The number of ether oxygens (including phenoxy) is 2. The number of aromatic hydroxyl groups is 1. The molecule has 28 heavy (non-hydrogen) atoms. The Labute approximate surface area is 169 Å². The first kappa shape index (κ1) is 19.7. The molecule has 1 aliphatic heterocycles. The lowest BCUT2D eigenvalue weighted by Gasteiger charge is -2.30. The van der Waals surface area contributed by atoms with Crippen LogP contribution in [0.15, 0.2) is 59.8 Å². The summed E-state index contributed by atoms with van der Waals surface area (Å²) in [6.07, 6.45) is 0. The molecule has 0 fully saturated rings. The highest BCUT2D eigenvalue weighted by molar-refractivity contribution is 7.80. The molecule has 0 saturated carbocycles. The second kappa shape index (κ2) is 8.75. The van der Waals surface area contributed by atoms with Crippen LogP contribution in [0.1, 0.15) is 31.0 Å². The third-order valence-electron chi connectivity index (χ3n) is 4.32. The van der Waals surface area contributed by atoms with Crippen molar-refractivity contribution in [3.05, 3.63) is 70.9 Å². The van der Waals surface area contributed by atoms with E-state index in [1.54, 1.807) is 19.1 Å². The van der Waals surface area contributed by atoms with Crippen molar-refractivity contribution in [1.29, 1.82) is 0 Å². The Morgan fingerprint density at radius 2 is 1.96 bits per heavy atom. The number of esters is 1. The predicted octanol–water partition coefficient (Wildman–Crippen LogP) is 3.33. The molecule has 3 rings (SSSR count). The van der Waals surface area contributed by atoms with E-state index in [0.29, 0.717) is 28.7 Å². The van der Waals surface area contributed by atoms with Gasteiger partial charge in [-0.15, -0.1) is 0 Å². The molecule has 0 aromatic heterocycles. The number of hydrogen-bond donors (Lipinski definition) is 3. The van der Waals surface area contributed by atoms with Crippen molar-refractivity contribution < 1.29 is 19.4 Å². The first-order valence-corrected chi connectivity index (χ1v) is 9.35. The van der Waals surface area contributed by atoms with Crippen LogP contribution in [-0.4, -0.2) is 22.8 Å². The van der Waals surface area contributed by atoms with E-state index in [0.717, 1.165) is 11.1 Å². The summed E-state index contributed by atoms with van der Waals surface area (Å²) in [6, 6.07) is 13.9. The number of thiocarbonyl (C=S) groups is 1. The lowest BCUT2D eigenvalue weighted by Crippen LogP contribution is -2.45. The van der Waals surface area contributed by atoms with Gasteiger partial charge in [0.25, 0.3) is 0 Å². The number of allylic oxidation sites excluding steroid dienone is 1. The Bertz CT molecular complexity index is 912. The number of carbonyl (C=O) groups excluding carboxylic acids is 1. The van der Waals surface area contributed by atoms with E-state index < -0.39 is 12.0 Å². The summed E-state index contributed by atoms with van der Waals surface area (Å²) in [5.74, 6) is -0.0585. The minimum absolute atomic E-state index is 0.0380. The fourth-order valence-corrected chi connectivity index (χ4v) is 3.27. The Balaban J connectivity index is 1.88. The minimum atomic E-state index is -0.517. The highest BCUT2D eigenvalue weighted by Crippen LogP contribution is 2.34. The van der Waals surface area contributed by atoms with Crippen LogP contribution in [0, 0.1) is 0 Å². The summed E-state index contributed by atoms with van der Waals surface area (Å²) >= 11 is 5.26. The van der Waals surface area contributed by atoms with E-state index >= 15 is 0 Å². The van der Waals surface area contributed by atoms with Gasteiger partial charge in [0.05, 0.1) is 18.2 Å². The Morgan fingerprint density at radius 1 is 1.21 bits per heavy atom. The summed E-state index contributed by atoms with van der Waals surface area (Å²) in [6.45, 7) is 4.20. The zero-order valence-corrected chi connectivity index (χ0v) is 16.5. The molecule has 3 N–H and O–H groups in total. The Kier molecular flexibility index (Phi) is 6.16. The van der Waals surface area contributed by atoms with E-state index in [1.807, 2.05) is 37.3 Å². The number of phenols is 1. The molecule has 146 valence electrons. The second-order valence-corrected chi connectivity index (χ2v) is 6.70. The maximum absolute atomic E-state index is 12.9. The number of carbonyl (C=O) groups is 1. The Hall–Kier alpha value is -3.06. The molecule has 0 spiro atoms. The van der Waals surface area contributed by atoms with Crippen LogP contribution in [0.2, 0.25) is 0 Å². The first-order chi connectivity index (χ1) is 13.5. The smallest absolute Gasteiger partial charge is 0.338 e. The molecule has 0 bridgehead atoms. The molecule has 0 aliphatic carbocycles. The number of benzene rings is 2. The Morgan fingerprint density at radius 3 is 2.68 bits per heavy atom. The van der Waals surface area contributed by atoms with Crippen LogP contribution in [0.3, 0.4) is 0 Å². The van der Waals surface area contributed by atoms with E-state index in [2.05, 4.69) is 10.6 Å². The van der Waals surface area contributed by atoms with Gasteiger partial charge in [-0.2, -0.15) is 0 Å². The minimum Gasteiger partial charge on any atom is -0.504 e. The normalized spacial score (nSPS) is 16.2. The molecule has 1 aliphatic rings. The first-order valence-electron chi connectivity index (χ1n) is 8.94. The van der Waals surface area contributed by atoms with Gasteiger partial charge in [0.15, 0.2) is 16.6 Å². The predicted molar refractivity (Wildman–Crippen MR) is 110 cm³/mol. The maximum atomic E-state index is 12.9. The largest absolute Gasteiger partial charge is 0.504 e. The van der Waals surface area contributed by atoms with Crippen molar-refractivity contribution in [1.82, 2.24) is 10.6 Å². The standard InChI is InChI=1S/C21H22N2O4S/c1-3-26-17-11-15(9-10-16(17)24)19-18(13(2)22-21(28)23-19)20(25)27-12-14-7-5-4-6-8-14/h4-11,19,24H,3,12H2,1-2H3,(H2,22,23,28)/t19-/m0/s1. The molecule has 6 nitrogen and oxygen atoms in total. The molecule has 2 aromatic rings. The van der Waals surface area contributed by atoms with Gasteiger partial charge >= 0.3 is 5.97 Å². The summed E-state index contributed by atoms with van der Waals surface area (Å²) in [5.41, 5.74) is 2.69. The highest BCUT2D eigenvalue weighted by atomic mass is 32.1. The van der Waals surface area contributed by atoms with E-state index in [4.69, 9.17) is 21.7 Å². The molecule has 0 amide bonds. The van der Waals surface area contributed by atoms with Crippen LogP contribution in [-0.2, 0) is 16.1 Å². The molecular weight excluding hydrogens is 376 g/mol. The van der Waals surface area contributed by atoms with Gasteiger partial charge in [-0.05, 0) is 49.3 Å². The molecule has 1 heterocycles. The monoisotopic (exact) mass is 398 g/mol. The van der Waals surface area contributed by atoms with Gasteiger partial charge in [-0.1, -0.05) is 36.4 Å². The van der Waals surface area contributed by atoms with Gasteiger partial charge in [0, 0.05) is 5.70 Å². The fourth-order valence-electron chi connectivity index (χ4n) is 3.00. The zero-order chi connectivity index (χ0) is 20.1. The third kappa shape index (κ3) is 4.43. The van der Waals surface area contributed by atoms with E-state index in [1.165, 1.54) is 6.07 Å². The summed E-state index contributed by atoms with van der Waals surface area (Å²) in [5, 5.41) is 16.5. The molecule has 0 saturated heterocycles. The average Bonchev–Trinajstić information content (AvgIpc) is 2.68. The van der Waals surface area contributed by atoms with Crippen molar-refractivity contribution in [2.75, 3.05) is 6.61 Å². The topological polar surface area (TPSA) is 79.8 Å². The summed E-state index contributed by atoms with van der Waals surface area (Å²) < 4.78 is 11.0. The number of hydrogen-bond acceptors (Lipinski definition) is 5. The summed E-state index contributed by atoms with van der Waals surface area (Å²) in [4.78, 5) is 12.9. The van der Waals surface area contributed by atoms with Gasteiger partial charge in [-0.3, -0.25) is 0 Å². The van der Waals surface area contributed by atoms with Gasteiger partial charge in [0.2, 0.25) is 0 Å². The van der Waals surface area contributed by atoms with Gasteiger partial charge < -0.3 is 25.2 Å². The number of nitrogens with one attached hydrogen (secondary N) is 2. The summed E-state index contributed by atoms with van der Waals surface area (Å²) in [7, 11) is 0. The van der Waals surface area contributed by atoms with Crippen LogP contribution >= 0.6 is 12.2 Å². The molecule has 7 heteroatoms. The second-order valence-electron chi connectivity index (χ2n) is 6.29. The van der Waals surface area contributed by atoms with Crippen molar-refractivity contribution in [2.45, 2.75) is 26.5 Å². The SMILES string of the molecule is CCOc1cc([C@@H]2NC(=S)NC(C)=C2C(=O)OCc2ccccc2)ccc1O. The van der Waals surface area contributed by atoms with Crippen LogP contribution in [0.25, 0.3) is 0 Å². The lowest BCUT2D eigenvalue weighted by molar-refractivity contribution is -0.140. The van der Waals surface area contributed by atoms with Crippen LogP contribution in [0.4, 0.5) is 0 Å². The van der Waals surface area contributed by atoms with Crippen molar-refractivity contribution in [3.63, 3.8) is 0 Å². The molecule has 1 atom stereocenters. The molecule has 2 aromatic carbocycles. The zero-order valence-electron chi connectivity index (χ0n) is 15.7. The number of phenolic OH excluding ortho intramolecular Hbond substituents is 1. The maximum Gasteiger partial charge on any atom is 0.338 e. The van der Waals surface area contributed by atoms with Crippen LogP contribution in [0.5, 0.6) is 11.5 Å². The van der Waals surface area contributed by atoms with Crippen molar-refractivity contribution in [2.24, 2.45) is 0 Å². The van der Waals surface area contributed by atoms with Crippen LogP contribution < -0.4 is 15.4 Å². The van der Waals surface area contributed by atoms with Crippen molar-refractivity contribution in [3.8, 4) is 11.5 Å². The van der Waals surface area contributed by atoms with Crippen molar-refractivity contribution >= 4 is 23.3 Å². The number of rotatable bonds is 6. The lowest BCUT2D eigenvalue weighted by atomic mass is 9.95.